The van der Waals surface area contributed by atoms with Gasteiger partial charge in [0.25, 0.3) is 0 Å². The van der Waals surface area contributed by atoms with E-state index < -0.39 is 0 Å². The number of nitrogens with zero attached hydrogens (tertiary/aromatic N) is 2. The van der Waals surface area contributed by atoms with E-state index in [1.54, 1.807) is 0 Å². The SMILES string of the molecule is CC(C)c1c(NN)ncnc1NCC1CCCC(O)C1. The number of rotatable bonds is 5. The first-order valence-corrected chi connectivity index (χ1v) is 7.35. The summed E-state index contributed by atoms with van der Waals surface area (Å²) in [6, 6.07) is 0. The number of hydrogen-bond acceptors (Lipinski definition) is 6. The molecule has 0 radical (unpaired) electrons. The molecule has 0 saturated heterocycles. The molecule has 0 spiro atoms. The minimum Gasteiger partial charge on any atom is -0.393 e. The summed E-state index contributed by atoms with van der Waals surface area (Å²) in [4.78, 5) is 8.49. The van der Waals surface area contributed by atoms with E-state index in [-0.39, 0.29) is 12.0 Å². The zero-order valence-corrected chi connectivity index (χ0v) is 12.3. The van der Waals surface area contributed by atoms with Crippen molar-refractivity contribution in [1.82, 2.24) is 9.97 Å². The zero-order valence-electron chi connectivity index (χ0n) is 12.3. The highest BCUT2D eigenvalue weighted by molar-refractivity contribution is 5.58. The third kappa shape index (κ3) is 3.58. The van der Waals surface area contributed by atoms with Crippen molar-refractivity contribution in [3.05, 3.63) is 11.9 Å². The molecule has 20 heavy (non-hydrogen) atoms. The fraction of sp³-hybridized carbons (Fsp3) is 0.714. The Balaban J connectivity index is 2.05. The molecule has 1 saturated carbocycles. The van der Waals surface area contributed by atoms with Crippen LogP contribution in [0.2, 0.25) is 0 Å². The van der Waals surface area contributed by atoms with E-state index in [0.717, 1.165) is 43.6 Å². The van der Waals surface area contributed by atoms with E-state index in [9.17, 15) is 5.11 Å². The van der Waals surface area contributed by atoms with Crippen LogP contribution in [0.25, 0.3) is 0 Å². The lowest BCUT2D eigenvalue weighted by Crippen LogP contribution is -2.26. The summed E-state index contributed by atoms with van der Waals surface area (Å²) in [5, 5.41) is 13.1. The number of hydrazine groups is 1. The highest BCUT2D eigenvalue weighted by Gasteiger charge is 2.21. The number of hydrogen-bond donors (Lipinski definition) is 4. The lowest BCUT2D eigenvalue weighted by Gasteiger charge is -2.26. The molecule has 1 fully saturated rings. The summed E-state index contributed by atoms with van der Waals surface area (Å²) in [6.07, 6.45) is 5.43. The molecule has 1 aromatic rings. The van der Waals surface area contributed by atoms with Crippen LogP contribution in [0.1, 0.15) is 51.0 Å². The maximum atomic E-state index is 9.72. The Hall–Kier alpha value is -1.40. The van der Waals surface area contributed by atoms with Gasteiger partial charge in [-0.05, 0) is 31.1 Å². The molecule has 6 heteroatoms. The van der Waals surface area contributed by atoms with Crippen molar-refractivity contribution in [3.63, 3.8) is 0 Å². The minimum atomic E-state index is -0.146. The van der Waals surface area contributed by atoms with Crippen molar-refractivity contribution in [2.45, 2.75) is 51.6 Å². The summed E-state index contributed by atoms with van der Waals surface area (Å²) in [7, 11) is 0. The monoisotopic (exact) mass is 279 g/mol. The molecular formula is C14H25N5O. The second-order valence-corrected chi connectivity index (χ2v) is 5.85. The van der Waals surface area contributed by atoms with Crippen molar-refractivity contribution in [2.24, 2.45) is 11.8 Å². The maximum Gasteiger partial charge on any atom is 0.148 e. The van der Waals surface area contributed by atoms with Gasteiger partial charge < -0.3 is 15.8 Å². The molecule has 0 bridgehead atoms. The van der Waals surface area contributed by atoms with Crippen LogP contribution < -0.4 is 16.6 Å². The highest BCUT2D eigenvalue weighted by atomic mass is 16.3. The highest BCUT2D eigenvalue weighted by Crippen LogP contribution is 2.29. The number of nitrogen functional groups attached to an aromatic ring is 1. The average Bonchev–Trinajstić information content (AvgIpc) is 2.44. The first kappa shape index (κ1) is 15.0. The van der Waals surface area contributed by atoms with E-state index >= 15 is 0 Å². The van der Waals surface area contributed by atoms with E-state index in [2.05, 4.69) is 34.6 Å². The molecule has 1 aliphatic rings. The van der Waals surface area contributed by atoms with Gasteiger partial charge in [0.05, 0.1) is 6.10 Å². The molecular weight excluding hydrogens is 254 g/mol. The number of nitrogens with one attached hydrogen (secondary N) is 2. The molecule has 1 aliphatic carbocycles. The standard InChI is InChI=1S/C14H25N5O/c1-9(2)12-13(17-8-18-14(12)19-15)16-7-10-4-3-5-11(20)6-10/h8-11,20H,3-7,15H2,1-2H3,(H2,16,17,18,19). The topological polar surface area (TPSA) is 96.1 Å². The summed E-state index contributed by atoms with van der Waals surface area (Å²) in [5.74, 6) is 7.80. The van der Waals surface area contributed by atoms with E-state index in [0.29, 0.717) is 11.7 Å². The van der Waals surface area contributed by atoms with Gasteiger partial charge in [-0.15, -0.1) is 0 Å². The van der Waals surface area contributed by atoms with E-state index in [1.807, 2.05) is 0 Å². The van der Waals surface area contributed by atoms with Gasteiger partial charge in [0, 0.05) is 12.1 Å². The molecule has 2 unspecified atom stereocenters. The number of anilines is 2. The summed E-state index contributed by atoms with van der Waals surface area (Å²) >= 11 is 0. The summed E-state index contributed by atoms with van der Waals surface area (Å²) in [5.41, 5.74) is 3.64. The van der Waals surface area contributed by atoms with E-state index in [4.69, 9.17) is 5.84 Å². The first-order chi connectivity index (χ1) is 9.61. The molecule has 6 nitrogen and oxygen atoms in total. The third-order valence-corrected chi connectivity index (χ3v) is 3.91. The Bertz CT molecular complexity index is 438. The molecule has 1 heterocycles. The van der Waals surface area contributed by atoms with Gasteiger partial charge in [-0.3, -0.25) is 0 Å². The molecule has 1 aromatic heterocycles. The van der Waals surface area contributed by atoms with Gasteiger partial charge >= 0.3 is 0 Å². The molecule has 5 N–H and O–H groups in total. The summed E-state index contributed by atoms with van der Waals surface area (Å²) in [6.45, 7) is 5.02. The van der Waals surface area contributed by atoms with Crippen molar-refractivity contribution >= 4 is 11.6 Å². The molecule has 112 valence electrons. The van der Waals surface area contributed by atoms with E-state index in [1.165, 1.54) is 6.33 Å². The lowest BCUT2D eigenvalue weighted by atomic mass is 9.87. The van der Waals surface area contributed by atoms with Crippen LogP contribution >= 0.6 is 0 Å². The Morgan fingerprint density at radius 2 is 2.10 bits per heavy atom. The van der Waals surface area contributed by atoms with Crippen LogP contribution in [0, 0.1) is 5.92 Å². The molecule has 0 amide bonds. The Labute approximate surface area is 120 Å². The molecule has 0 aromatic carbocycles. The quantitative estimate of drug-likeness (QED) is 0.485. The molecule has 0 aliphatic heterocycles. The van der Waals surface area contributed by atoms with Crippen LogP contribution in [0.15, 0.2) is 6.33 Å². The van der Waals surface area contributed by atoms with Gasteiger partial charge in [0.2, 0.25) is 0 Å². The van der Waals surface area contributed by atoms with Gasteiger partial charge in [-0.1, -0.05) is 20.3 Å². The number of nitrogens with two attached hydrogens (primary N) is 1. The van der Waals surface area contributed by atoms with Crippen molar-refractivity contribution in [1.29, 1.82) is 0 Å². The molecule has 2 atom stereocenters. The van der Waals surface area contributed by atoms with Gasteiger partial charge in [0.15, 0.2) is 0 Å². The van der Waals surface area contributed by atoms with Gasteiger partial charge in [-0.25, -0.2) is 15.8 Å². The largest absolute Gasteiger partial charge is 0.393 e. The number of aliphatic hydroxyl groups excluding tert-OH is 1. The molecule has 2 rings (SSSR count). The number of aromatic nitrogens is 2. The predicted octanol–water partition coefficient (Wildman–Crippen LogP) is 1.85. The Kier molecular flexibility index (Phi) is 5.14. The van der Waals surface area contributed by atoms with Crippen molar-refractivity contribution < 1.29 is 5.11 Å². The predicted molar refractivity (Wildman–Crippen MR) is 80.4 cm³/mol. The normalized spacial score (nSPS) is 22.9. The Morgan fingerprint density at radius 1 is 1.35 bits per heavy atom. The first-order valence-electron chi connectivity index (χ1n) is 7.35. The zero-order chi connectivity index (χ0) is 14.5. The van der Waals surface area contributed by atoms with Crippen LogP contribution in [0.4, 0.5) is 11.6 Å². The fourth-order valence-electron chi connectivity index (χ4n) is 2.89. The Morgan fingerprint density at radius 3 is 2.75 bits per heavy atom. The van der Waals surface area contributed by atoms with Crippen molar-refractivity contribution in [3.8, 4) is 0 Å². The maximum absolute atomic E-state index is 9.72. The number of aliphatic hydroxyl groups is 1. The van der Waals surface area contributed by atoms with Gasteiger partial charge in [-0.2, -0.15) is 0 Å². The van der Waals surface area contributed by atoms with Gasteiger partial charge in [0.1, 0.15) is 18.0 Å². The smallest absolute Gasteiger partial charge is 0.148 e. The summed E-state index contributed by atoms with van der Waals surface area (Å²) < 4.78 is 0. The second kappa shape index (κ2) is 6.85. The lowest BCUT2D eigenvalue weighted by molar-refractivity contribution is 0.104. The third-order valence-electron chi connectivity index (χ3n) is 3.91. The average molecular weight is 279 g/mol. The van der Waals surface area contributed by atoms with Crippen molar-refractivity contribution in [2.75, 3.05) is 17.3 Å². The van der Waals surface area contributed by atoms with Crippen LogP contribution in [-0.2, 0) is 0 Å². The minimum absolute atomic E-state index is 0.146. The fourth-order valence-corrected chi connectivity index (χ4v) is 2.89. The van der Waals surface area contributed by atoms with Crippen LogP contribution in [0.5, 0.6) is 0 Å². The second-order valence-electron chi connectivity index (χ2n) is 5.85. The van der Waals surface area contributed by atoms with Crippen LogP contribution in [0.3, 0.4) is 0 Å². The van der Waals surface area contributed by atoms with Crippen LogP contribution in [-0.4, -0.2) is 27.7 Å².